The molecule has 0 saturated heterocycles. The van der Waals surface area contributed by atoms with E-state index in [1.807, 2.05) is 0 Å². The molecule has 1 fully saturated rings. The Morgan fingerprint density at radius 1 is 1.54 bits per heavy atom. The van der Waals surface area contributed by atoms with Crippen molar-refractivity contribution < 1.29 is 23.1 Å². The van der Waals surface area contributed by atoms with Gasteiger partial charge in [-0.25, -0.2) is 0 Å². The number of aliphatic carboxylic acids is 1. The van der Waals surface area contributed by atoms with Gasteiger partial charge in [0, 0.05) is 12.8 Å². The van der Waals surface area contributed by atoms with Crippen LogP contribution in [0.25, 0.3) is 0 Å². The third-order valence-corrected chi connectivity index (χ3v) is 2.75. The molecular formula is C7H8O5S. The zero-order chi connectivity index (χ0) is 10.1. The third-order valence-electron chi connectivity index (χ3n) is 2.11. The molecule has 5 nitrogen and oxygen atoms in total. The van der Waals surface area contributed by atoms with Crippen molar-refractivity contribution in [2.45, 2.75) is 19.3 Å². The second-order valence-corrected chi connectivity index (χ2v) is 3.81. The van der Waals surface area contributed by atoms with E-state index in [9.17, 15) is 18.0 Å². The Morgan fingerprint density at radius 3 is 2.46 bits per heavy atom. The van der Waals surface area contributed by atoms with Gasteiger partial charge in [0.25, 0.3) is 0 Å². The van der Waals surface area contributed by atoms with Gasteiger partial charge in [0.1, 0.15) is 11.2 Å². The van der Waals surface area contributed by atoms with Gasteiger partial charge in [-0.15, -0.1) is 0 Å². The monoisotopic (exact) mass is 204 g/mol. The van der Waals surface area contributed by atoms with Crippen LogP contribution < -0.4 is 0 Å². The second kappa shape index (κ2) is 3.29. The van der Waals surface area contributed by atoms with E-state index >= 15 is 0 Å². The molecule has 0 spiro atoms. The second-order valence-electron chi connectivity index (χ2n) is 3.06. The summed E-state index contributed by atoms with van der Waals surface area (Å²) < 4.78 is 20.7. The van der Waals surface area contributed by atoms with Gasteiger partial charge in [-0.05, 0) is 6.42 Å². The fourth-order valence-corrected chi connectivity index (χ4v) is 2.08. The van der Waals surface area contributed by atoms with E-state index in [0.717, 1.165) is 0 Å². The summed E-state index contributed by atoms with van der Waals surface area (Å²) in [7, 11) is -2.54. The van der Waals surface area contributed by atoms with Crippen LogP contribution in [0.15, 0.2) is 0 Å². The molecule has 1 aliphatic carbocycles. The predicted octanol–water partition coefficient (Wildman–Crippen LogP) is -0.508. The first-order valence-corrected chi connectivity index (χ1v) is 4.79. The zero-order valence-corrected chi connectivity index (χ0v) is 7.50. The van der Waals surface area contributed by atoms with E-state index in [-0.39, 0.29) is 25.0 Å². The lowest BCUT2D eigenvalue weighted by Crippen LogP contribution is -2.30. The van der Waals surface area contributed by atoms with E-state index in [1.165, 1.54) is 0 Å². The van der Waals surface area contributed by atoms with E-state index < -0.39 is 21.7 Å². The Labute approximate surface area is 75.9 Å². The molecule has 0 aliphatic heterocycles. The van der Waals surface area contributed by atoms with Gasteiger partial charge >= 0.3 is 5.97 Å². The Balaban J connectivity index is 3.11. The van der Waals surface area contributed by atoms with Crippen molar-refractivity contribution in [1.29, 1.82) is 0 Å². The summed E-state index contributed by atoms with van der Waals surface area (Å²) in [5.74, 6) is -1.45. The molecule has 1 rings (SSSR count). The predicted molar refractivity (Wildman–Crippen MR) is 43.9 cm³/mol. The Kier molecular flexibility index (Phi) is 2.51. The van der Waals surface area contributed by atoms with Crippen LogP contribution in [0.2, 0.25) is 0 Å². The van der Waals surface area contributed by atoms with E-state index in [4.69, 9.17) is 5.11 Å². The lowest BCUT2D eigenvalue weighted by atomic mass is 9.89. The largest absolute Gasteiger partial charge is 0.481 e. The van der Waals surface area contributed by atoms with Crippen LogP contribution in [0.4, 0.5) is 0 Å². The molecule has 0 aromatic heterocycles. The number of carbonyl (C=O) groups excluding carboxylic acids is 1. The molecule has 0 bridgehead atoms. The standard InChI is InChI=1S/C7H8O5S/c8-5-1-2-7(3-5,6(9)10)4-13(11)12/h4H,1-3H2,(H,9,10). The van der Waals surface area contributed by atoms with Gasteiger partial charge in [-0.2, -0.15) is 8.42 Å². The fraction of sp³-hybridized carbons (Fsp3) is 0.571. The quantitative estimate of drug-likeness (QED) is 0.612. The normalized spacial score (nSPS) is 27.2. The summed E-state index contributed by atoms with van der Waals surface area (Å²) in [5.41, 5.74) is -1.48. The van der Waals surface area contributed by atoms with E-state index in [0.29, 0.717) is 5.37 Å². The van der Waals surface area contributed by atoms with Gasteiger partial charge in [-0.3, -0.25) is 9.59 Å². The topological polar surface area (TPSA) is 88.5 Å². The molecule has 1 aliphatic rings. The summed E-state index contributed by atoms with van der Waals surface area (Å²) >= 11 is 0. The highest BCUT2D eigenvalue weighted by atomic mass is 32.2. The molecule has 0 radical (unpaired) electrons. The van der Waals surface area contributed by atoms with Crippen LogP contribution in [0.5, 0.6) is 0 Å². The molecule has 0 aromatic rings. The average Bonchev–Trinajstić information content (AvgIpc) is 2.31. The number of ketones is 1. The van der Waals surface area contributed by atoms with Crippen molar-refractivity contribution >= 4 is 27.4 Å². The van der Waals surface area contributed by atoms with E-state index in [2.05, 4.69) is 0 Å². The maximum absolute atomic E-state index is 10.9. The SMILES string of the molecule is O=C1CCC(C=S(=O)=O)(C(=O)O)C1. The summed E-state index contributed by atoms with van der Waals surface area (Å²) in [5, 5.41) is 9.48. The molecule has 1 N–H and O–H groups in total. The van der Waals surface area contributed by atoms with Crippen LogP contribution >= 0.6 is 0 Å². The highest BCUT2D eigenvalue weighted by Crippen LogP contribution is 2.34. The lowest BCUT2D eigenvalue weighted by molar-refractivity contribution is -0.144. The van der Waals surface area contributed by atoms with Crippen LogP contribution in [0.3, 0.4) is 0 Å². The van der Waals surface area contributed by atoms with Gasteiger partial charge < -0.3 is 5.11 Å². The molecule has 0 aromatic carbocycles. The highest BCUT2D eigenvalue weighted by Gasteiger charge is 2.44. The molecule has 1 saturated carbocycles. The van der Waals surface area contributed by atoms with Crippen LogP contribution in [0.1, 0.15) is 19.3 Å². The number of hydrogen-bond acceptors (Lipinski definition) is 4. The van der Waals surface area contributed by atoms with Crippen molar-refractivity contribution in [1.82, 2.24) is 0 Å². The van der Waals surface area contributed by atoms with Gasteiger partial charge in [0.05, 0.1) is 5.37 Å². The highest BCUT2D eigenvalue weighted by molar-refractivity contribution is 7.71. The Hall–Kier alpha value is -1.17. The first-order chi connectivity index (χ1) is 5.96. The maximum Gasteiger partial charge on any atom is 0.315 e. The number of Topliss-reactive ketones (excluding diaryl/α,β-unsaturated/α-hetero) is 1. The smallest absolute Gasteiger partial charge is 0.315 e. The Morgan fingerprint density at radius 2 is 2.15 bits per heavy atom. The number of hydrogen-bond donors (Lipinski definition) is 1. The van der Waals surface area contributed by atoms with Gasteiger partial charge in [0.2, 0.25) is 10.3 Å². The molecule has 0 heterocycles. The first-order valence-electron chi connectivity index (χ1n) is 3.65. The van der Waals surface area contributed by atoms with Gasteiger partial charge in [0.15, 0.2) is 0 Å². The van der Waals surface area contributed by atoms with Crippen molar-refractivity contribution in [2.24, 2.45) is 5.41 Å². The van der Waals surface area contributed by atoms with E-state index in [1.54, 1.807) is 0 Å². The number of carboxylic acid groups (broad SMARTS) is 1. The number of carboxylic acids is 1. The number of rotatable bonds is 2. The molecule has 13 heavy (non-hydrogen) atoms. The van der Waals surface area contributed by atoms with Crippen LogP contribution in [-0.4, -0.2) is 30.6 Å². The molecule has 1 unspecified atom stereocenters. The van der Waals surface area contributed by atoms with Crippen molar-refractivity contribution in [3.63, 3.8) is 0 Å². The molecular weight excluding hydrogens is 196 g/mol. The van der Waals surface area contributed by atoms with Crippen molar-refractivity contribution in [3.05, 3.63) is 0 Å². The minimum Gasteiger partial charge on any atom is -0.481 e. The maximum atomic E-state index is 10.9. The molecule has 72 valence electrons. The minimum absolute atomic E-state index is 0.0785. The molecule has 0 amide bonds. The molecule has 1 atom stereocenters. The summed E-state index contributed by atoms with van der Waals surface area (Å²) in [4.78, 5) is 21.6. The molecule has 6 heteroatoms. The van der Waals surface area contributed by atoms with Crippen LogP contribution in [-0.2, 0) is 19.9 Å². The minimum atomic E-state index is -2.54. The lowest BCUT2D eigenvalue weighted by Gasteiger charge is -2.14. The summed E-state index contributed by atoms with van der Waals surface area (Å²) in [6.45, 7) is 0. The average molecular weight is 204 g/mol. The Bertz CT molecular complexity index is 372. The fourth-order valence-electron chi connectivity index (χ4n) is 1.41. The summed E-state index contributed by atoms with van der Waals surface area (Å²) in [6.07, 6.45) is 0.00542. The first kappa shape index (κ1) is 9.91. The third kappa shape index (κ3) is 1.95. The number of carbonyl (C=O) groups is 2. The van der Waals surface area contributed by atoms with Crippen LogP contribution in [0, 0.1) is 5.41 Å². The zero-order valence-electron chi connectivity index (χ0n) is 6.69. The van der Waals surface area contributed by atoms with Gasteiger partial charge in [-0.1, -0.05) is 0 Å². The van der Waals surface area contributed by atoms with Crippen molar-refractivity contribution in [3.8, 4) is 0 Å². The summed E-state index contributed by atoms with van der Waals surface area (Å²) in [6, 6.07) is 0. The van der Waals surface area contributed by atoms with Crippen molar-refractivity contribution in [2.75, 3.05) is 0 Å².